The Morgan fingerprint density at radius 1 is 1.31 bits per heavy atom. The molecule has 0 amide bonds. The van der Waals surface area contributed by atoms with Gasteiger partial charge in [0.05, 0.1) is 6.10 Å². The molecule has 0 saturated heterocycles. The van der Waals surface area contributed by atoms with Crippen molar-refractivity contribution in [1.82, 2.24) is 0 Å². The molecule has 0 radical (unpaired) electrons. The summed E-state index contributed by atoms with van der Waals surface area (Å²) in [5.41, 5.74) is 1.28. The molecule has 1 saturated carbocycles. The fourth-order valence-corrected chi connectivity index (χ4v) is 1.82. The van der Waals surface area contributed by atoms with Crippen LogP contribution in [0.5, 0.6) is 5.75 Å². The van der Waals surface area contributed by atoms with Crippen LogP contribution < -0.4 is 4.74 Å². The van der Waals surface area contributed by atoms with Crippen LogP contribution in [0.3, 0.4) is 0 Å². The van der Waals surface area contributed by atoms with Gasteiger partial charge in [0, 0.05) is 4.90 Å². The number of hydrogen-bond acceptors (Lipinski definition) is 2. The Balaban J connectivity index is 2.17. The number of rotatable bonds is 3. The van der Waals surface area contributed by atoms with E-state index in [2.05, 4.69) is 31.4 Å². The highest BCUT2D eigenvalue weighted by molar-refractivity contribution is 7.98. The molecular weight excluding hydrogens is 180 g/mol. The van der Waals surface area contributed by atoms with Crippen molar-refractivity contribution in [2.24, 2.45) is 0 Å². The second-order valence-corrected chi connectivity index (χ2v) is 4.38. The quantitative estimate of drug-likeness (QED) is 0.683. The Kier molecular flexibility index (Phi) is 2.49. The highest BCUT2D eigenvalue weighted by atomic mass is 32.2. The lowest BCUT2D eigenvalue weighted by molar-refractivity contribution is 0.302. The van der Waals surface area contributed by atoms with Crippen LogP contribution in [0.15, 0.2) is 23.1 Å². The number of ether oxygens (including phenoxy) is 1. The van der Waals surface area contributed by atoms with Crippen LogP contribution in [0, 0.1) is 6.92 Å². The fourth-order valence-electron chi connectivity index (χ4n) is 1.28. The van der Waals surface area contributed by atoms with E-state index in [4.69, 9.17) is 4.74 Å². The van der Waals surface area contributed by atoms with Gasteiger partial charge in [-0.15, -0.1) is 11.8 Å². The van der Waals surface area contributed by atoms with Gasteiger partial charge in [-0.1, -0.05) is 0 Å². The summed E-state index contributed by atoms with van der Waals surface area (Å²) in [5, 5.41) is 0. The van der Waals surface area contributed by atoms with Crippen molar-refractivity contribution < 1.29 is 4.74 Å². The summed E-state index contributed by atoms with van der Waals surface area (Å²) in [6.45, 7) is 2.11. The Hall–Kier alpha value is -0.630. The average Bonchev–Trinajstić information content (AvgIpc) is 2.87. The summed E-state index contributed by atoms with van der Waals surface area (Å²) >= 11 is 1.76. The van der Waals surface area contributed by atoms with Crippen LogP contribution in [0.25, 0.3) is 0 Å². The minimum Gasteiger partial charge on any atom is -0.490 e. The molecule has 0 atom stereocenters. The Morgan fingerprint density at radius 2 is 2.08 bits per heavy atom. The van der Waals surface area contributed by atoms with Crippen LogP contribution in [0.2, 0.25) is 0 Å². The Morgan fingerprint density at radius 3 is 2.69 bits per heavy atom. The minimum atomic E-state index is 0.497. The first-order chi connectivity index (χ1) is 6.28. The van der Waals surface area contributed by atoms with Gasteiger partial charge in [0.2, 0.25) is 0 Å². The van der Waals surface area contributed by atoms with Crippen molar-refractivity contribution in [2.45, 2.75) is 30.8 Å². The van der Waals surface area contributed by atoms with Gasteiger partial charge >= 0.3 is 0 Å². The predicted octanol–water partition coefficient (Wildman–Crippen LogP) is 3.26. The molecule has 0 bridgehead atoms. The minimum absolute atomic E-state index is 0.497. The maximum atomic E-state index is 5.74. The maximum absolute atomic E-state index is 5.74. The summed E-state index contributed by atoms with van der Waals surface area (Å²) < 4.78 is 5.74. The normalized spacial score (nSPS) is 15.8. The molecule has 1 aliphatic carbocycles. The van der Waals surface area contributed by atoms with Gasteiger partial charge in [-0.25, -0.2) is 0 Å². The molecular formula is C11H14OS. The van der Waals surface area contributed by atoms with Crippen LogP contribution in [0.1, 0.15) is 18.4 Å². The van der Waals surface area contributed by atoms with E-state index >= 15 is 0 Å². The van der Waals surface area contributed by atoms with Gasteiger partial charge in [-0.3, -0.25) is 0 Å². The van der Waals surface area contributed by atoms with Gasteiger partial charge in [-0.05, 0) is 49.8 Å². The SMILES string of the molecule is CSc1cc(C)cc(OC2CC2)c1. The van der Waals surface area contributed by atoms with Crippen molar-refractivity contribution >= 4 is 11.8 Å². The van der Waals surface area contributed by atoms with Crippen molar-refractivity contribution in [3.63, 3.8) is 0 Å². The second kappa shape index (κ2) is 3.62. The predicted molar refractivity (Wildman–Crippen MR) is 56.6 cm³/mol. The summed E-state index contributed by atoms with van der Waals surface area (Å²) in [4.78, 5) is 1.29. The third kappa shape index (κ3) is 2.41. The topological polar surface area (TPSA) is 9.23 Å². The van der Waals surface area contributed by atoms with Crippen LogP contribution in [0.4, 0.5) is 0 Å². The van der Waals surface area contributed by atoms with E-state index in [-0.39, 0.29) is 0 Å². The molecule has 70 valence electrons. The number of thioether (sulfide) groups is 1. The molecule has 13 heavy (non-hydrogen) atoms. The molecule has 2 rings (SSSR count). The first-order valence-electron chi connectivity index (χ1n) is 4.60. The smallest absolute Gasteiger partial charge is 0.121 e. The van der Waals surface area contributed by atoms with Crippen LogP contribution in [-0.2, 0) is 0 Å². The Bertz CT molecular complexity index is 305. The summed E-state index contributed by atoms with van der Waals surface area (Å²) in [6, 6.07) is 6.42. The molecule has 0 heterocycles. The number of benzene rings is 1. The van der Waals surface area contributed by atoms with E-state index in [1.54, 1.807) is 11.8 Å². The van der Waals surface area contributed by atoms with Crippen molar-refractivity contribution in [3.8, 4) is 5.75 Å². The largest absolute Gasteiger partial charge is 0.490 e. The molecule has 0 spiro atoms. The molecule has 1 aromatic rings. The van der Waals surface area contributed by atoms with Crippen molar-refractivity contribution in [3.05, 3.63) is 23.8 Å². The first kappa shape index (κ1) is 8.95. The zero-order chi connectivity index (χ0) is 9.26. The molecule has 1 fully saturated rings. The molecule has 0 aliphatic heterocycles. The highest BCUT2D eigenvalue weighted by Gasteiger charge is 2.23. The lowest BCUT2D eigenvalue weighted by Gasteiger charge is -2.07. The lowest BCUT2D eigenvalue weighted by atomic mass is 10.2. The standard InChI is InChI=1S/C11H14OS/c1-8-5-10(12-9-3-4-9)7-11(6-8)13-2/h5-7,9H,3-4H2,1-2H3. The molecule has 0 N–H and O–H groups in total. The molecule has 1 nitrogen and oxygen atoms in total. The number of aryl methyl sites for hydroxylation is 1. The first-order valence-corrected chi connectivity index (χ1v) is 5.83. The van der Waals surface area contributed by atoms with E-state index in [1.165, 1.54) is 23.3 Å². The monoisotopic (exact) mass is 194 g/mol. The average molecular weight is 194 g/mol. The molecule has 2 heteroatoms. The lowest BCUT2D eigenvalue weighted by Crippen LogP contribution is -1.96. The van der Waals surface area contributed by atoms with E-state index in [1.807, 2.05) is 0 Å². The molecule has 0 aromatic heterocycles. The van der Waals surface area contributed by atoms with E-state index in [9.17, 15) is 0 Å². The molecule has 1 aromatic carbocycles. The molecule has 1 aliphatic rings. The van der Waals surface area contributed by atoms with Crippen molar-refractivity contribution in [1.29, 1.82) is 0 Å². The zero-order valence-corrected chi connectivity index (χ0v) is 8.86. The zero-order valence-electron chi connectivity index (χ0n) is 8.04. The summed E-state index contributed by atoms with van der Waals surface area (Å²) in [5.74, 6) is 1.03. The van der Waals surface area contributed by atoms with Gasteiger partial charge in [-0.2, -0.15) is 0 Å². The van der Waals surface area contributed by atoms with Gasteiger partial charge in [0.25, 0.3) is 0 Å². The summed E-state index contributed by atoms with van der Waals surface area (Å²) in [6.07, 6.45) is 5.04. The van der Waals surface area contributed by atoms with E-state index < -0.39 is 0 Å². The van der Waals surface area contributed by atoms with Gasteiger partial charge < -0.3 is 4.74 Å². The van der Waals surface area contributed by atoms with Gasteiger partial charge in [0.1, 0.15) is 5.75 Å². The van der Waals surface area contributed by atoms with E-state index in [0.717, 1.165) is 5.75 Å². The molecule has 0 unspecified atom stereocenters. The number of hydrogen-bond donors (Lipinski definition) is 0. The highest BCUT2D eigenvalue weighted by Crippen LogP contribution is 2.29. The van der Waals surface area contributed by atoms with Gasteiger partial charge in [0.15, 0.2) is 0 Å². The third-order valence-electron chi connectivity index (χ3n) is 2.09. The fraction of sp³-hybridized carbons (Fsp3) is 0.455. The second-order valence-electron chi connectivity index (χ2n) is 3.50. The summed E-state index contributed by atoms with van der Waals surface area (Å²) in [7, 11) is 0. The van der Waals surface area contributed by atoms with Crippen LogP contribution >= 0.6 is 11.8 Å². The third-order valence-corrected chi connectivity index (χ3v) is 2.79. The van der Waals surface area contributed by atoms with Crippen LogP contribution in [-0.4, -0.2) is 12.4 Å². The van der Waals surface area contributed by atoms with Crippen molar-refractivity contribution in [2.75, 3.05) is 6.26 Å². The Labute approximate surface area is 83.5 Å². The van der Waals surface area contributed by atoms with E-state index in [0.29, 0.717) is 6.10 Å². The maximum Gasteiger partial charge on any atom is 0.121 e.